The molecule has 0 aliphatic carbocycles. The minimum Gasteiger partial charge on any atom is -0.465 e. The summed E-state index contributed by atoms with van der Waals surface area (Å²) >= 11 is 18.0. The molecule has 0 spiro atoms. The van der Waals surface area contributed by atoms with Crippen LogP contribution in [0.1, 0.15) is 21.5 Å². The van der Waals surface area contributed by atoms with Crippen LogP contribution < -0.4 is 0 Å². The summed E-state index contributed by atoms with van der Waals surface area (Å²) in [5, 5.41) is 1.99. The molecule has 4 nitrogen and oxygen atoms in total. The molecule has 0 amide bonds. The van der Waals surface area contributed by atoms with Crippen LogP contribution in [0.4, 0.5) is 13.2 Å². The number of ether oxygens (including phenoxy) is 1. The predicted molar refractivity (Wildman–Crippen MR) is 104 cm³/mol. The molecule has 0 bridgehead atoms. The van der Waals surface area contributed by atoms with E-state index in [1.54, 1.807) is 12.1 Å². The molecular weight excluding hydrogens is 454 g/mol. The van der Waals surface area contributed by atoms with Crippen LogP contribution >= 0.6 is 34.8 Å². The third-order valence-corrected chi connectivity index (χ3v) is 5.42. The van der Waals surface area contributed by atoms with Crippen molar-refractivity contribution in [2.45, 2.75) is 23.6 Å². The molecule has 2 aromatic carbocycles. The maximum atomic E-state index is 14.1. The molecule has 0 aromatic heterocycles. The van der Waals surface area contributed by atoms with Crippen molar-refractivity contribution >= 4 is 46.5 Å². The fourth-order valence-corrected chi connectivity index (χ4v) is 3.92. The average Bonchev–Trinajstić information content (AvgIpc) is 2.98. The molecule has 10 heteroatoms. The number of esters is 1. The van der Waals surface area contributed by atoms with Gasteiger partial charge in [0.1, 0.15) is 5.38 Å². The van der Waals surface area contributed by atoms with Crippen LogP contribution in [0.2, 0.25) is 10.0 Å². The van der Waals surface area contributed by atoms with E-state index < -0.39 is 23.1 Å². The number of oxime groups is 1. The summed E-state index contributed by atoms with van der Waals surface area (Å²) in [6, 6.07) is 9.63. The summed E-state index contributed by atoms with van der Waals surface area (Å²) in [5.74, 6) is -0.526. The number of benzene rings is 2. The molecule has 0 fully saturated rings. The van der Waals surface area contributed by atoms with Crippen molar-refractivity contribution < 1.29 is 27.5 Å². The summed E-state index contributed by atoms with van der Waals surface area (Å²) < 4.78 is 46.9. The molecule has 154 valence electrons. The number of alkyl halides is 4. The van der Waals surface area contributed by atoms with Crippen LogP contribution in [-0.2, 0) is 21.6 Å². The molecular formula is C19H13Cl3F3NO3. The monoisotopic (exact) mass is 465 g/mol. The lowest BCUT2D eigenvalue weighted by Crippen LogP contribution is -2.50. The highest BCUT2D eigenvalue weighted by molar-refractivity contribution is 6.35. The Bertz CT molecular complexity index is 943. The normalized spacial score (nSPS) is 21.5. The van der Waals surface area contributed by atoms with Crippen molar-refractivity contribution in [2.24, 2.45) is 5.16 Å². The van der Waals surface area contributed by atoms with Crippen LogP contribution in [0, 0.1) is 0 Å². The van der Waals surface area contributed by atoms with Gasteiger partial charge in [-0.25, -0.2) is 4.79 Å². The average molecular weight is 467 g/mol. The van der Waals surface area contributed by atoms with E-state index in [0.29, 0.717) is 11.1 Å². The van der Waals surface area contributed by atoms with E-state index in [9.17, 15) is 18.0 Å². The summed E-state index contributed by atoms with van der Waals surface area (Å²) in [6.45, 7) is 0. The third kappa shape index (κ3) is 4.04. The van der Waals surface area contributed by atoms with Gasteiger partial charge in [0.2, 0.25) is 0 Å². The standard InChI is InChI=1S/C19H13Cl3F3NO3/c1-28-17(27)11-4-2-10(3-5-11)6-15-16(22)18(29-26-15,19(23,24)25)12-7-13(20)9-14(21)8-12/h2-5,7-9,16H,6H2,1H3. The third-order valence-electron chi connectivity index (χ3n) is 4.43. The molecule has 0 N–H and O–H groups in total. The SMILES string of the molecule is COC(=O)c1ccc(CC2=NOC(c3cc(Cl)cc(Cl)c3)(C(F)(F)F)C2Cl)cc1. The van der Waals surface area contributed by atoms with Gasteiger partial charge in [-0.1, -0.05) is 40.5 Å². The summed E-state index contributed by atoms with van der Waals surface area (Å²) in [6.07, 6.45) is -4.91. The summed E-state index contributed by atoms with van der Waals surface area (Å²) in [7, 11) is 1.25. The fraction of sp³-hybridized carbons (Fsp3) is 0.263. The summed E-state index contributed by atoms with van der Waals surface area (Å²) in [4.78, 5) is 16.4. The first-order valence-corrected chi connectivity index (χ1v) is 9.37. The topological polar surface area (TPSA) is 47.9 Å². The Hall–Kier alpha value is -1.96. The van der Waals surface area contributed by atoms with Gasteiger partial charge in [0.25, 0.3) is 5.60 Å². The molecule has 1 heterocycles. The minimum absolute atomic E-state index is 0.00967. The van der Waals surface area contributed by atoms with Crippen molar-refractivity contribution in [3.63, 3.8) is 0 Å². The number of carbonyl (C=O) groups is 1. The first kappa shape index (κ1) is 21.7. The minimum atomic E-state index is -4.90. The smallest absolute Gasteiger partial charge is 0.437 e. The Morgan fingerprint density at radius 3 is 2.28 bits per heavy atom. The predicted octanol–water partition coefficient (Wildman–Crippen LogP) is 5.77. The molecule has 2 aromatic rings. The molecule has 1 aliphatic heterocycles. The Kier molecular flexibility index (Phi) is 6.03. The Morgan fingerprint density at radius 2 is 1.76 bits per heavy atom. The number of halogens is 6. The number of hydrogen-bond donors (Lipinski definition) is 0. The van der Waals surface area contributed by atoms with Gasteiger partial charge in [-0.15, -0.1) is 11.6 Å². The van der Waals surface area contributed by atoms with Gasteiger partial charge in [-0.3, -0.25) is 0 Å². The number of hydrogen-bond acceptors (Lipinski definition) is 4. The maximum Gasteiger partial charge on any atom is 0.437 e. The molecule has 1 aliphatic rings. The molecule has 0 saturated heterocycles. The maximum absolute atomic E-state index is 14.1. The fourth-order valence-electron chi connectivity index (χ4n) is 2.99. The van der Waals surface area contributed by atoms with E-state index in [1.165, 1.54) is 25.3 Å². The highest BCUT2D eigenvalue weighted by Crippen LogP contribution is 2.51. The van der Waals surface area contributed by atoms with Gasteiger partial charge in [0.05, 0.1) is 18.4 Å². The number of carbonyl (C=O) groups excluding carboxylic acids is 1. The largest absolute Gasteiger partial charge is 0.465 e. The van der Waals surface area contributed by atoms with Crippen LogP contribution in [0.5, 0.6) is 0 Å². The van der Waals surface area contributed by atoms with E-state index in [1.807, 2.05) is 0 Å². The molecule has 3 rings (SSSR count). The van der Waals surface area contributed by atoms with Crippen LogP contribution in [-0.4, -0.2) is 30.3 Å². The molecule has 2 atom stereocenters. The molecule has 0 saturated carbocycles. The van der Waals surface area contributed by atoms with Gasteiger partial charge in [-0.05, 0) is 35.9 Å². The Balaban J connectivity index is 1.92. The van der Waals surface area contributed by atoms with E-state index in [-0.39, 0.29) is 27.7 Å². The van der Waals surface area contributed by atoms with Crippen LogP contribution in [0.3, 0.4) is 0 Å². The van der Waals surface area contributed by atoms with Crippen molar-refractivity contribution in [3.05, 3.63) is 69.2 Å². The van der Waals surface area contributed by atoms with E-state index in [2.05, 4.69) is 9.89 Å². The van der Waals surface area contributed by atoms with Gasteiger partial charge < -0.3 is 9.57 Å². The second kappa shape index (κ2) is 8.05. The summed E-state index contributed by atoms with van der Waals surface area (Å²) in [5.41, 5.74) is -2.40. The van der Waals surface area contributed by atoms with Gasteiger partial charge >= 0.3 is 12.1 Å². The Labute approximate surface area is 179 Å². The molecule has 2 unspecified atom stereocenters. The first-order valence-electron chi connectivity index (χ1n) is 8.18. The highest BCUT2D eigenvalue weighted by Gasteiger charge is 2.67. The zero-order valence-corrected chi connectivity index (χ0v) is 17.0. The lowest BCUT2D eigenvalue weighted by molar-refractivity contribution is -0.274. The van der Waals surface area contributed by atoms with Crippen molar-refractivity contribution in [2.75, 3.05) is 7.11 Å². The van der Waals surface area contributed by atoms with Gasteiger partial charge in [0, 0.05) is 22.0 Å². The van der Waals surface area contributed by atoms with Crippen LogP contribution in [0.15, 0.2) is 47.6 Å². The highest BCUT2D eigenvalue weighted by atomic mass is 35.5. The molecule has 0 radical (unpaired) electrons. The second-order valence-corrected chi connectivity index (χ2v) is 7.60. The van der Waals surface area contributed by atoms with E-state index >= 15 is 0 Å². The van der Waals surface area contributed by atoms with Gasteiger partial charge in [-0.2, -0.15) is 13.2 Å². The van der Waals surface area contributed by atoms with E-state index in [4.69, 9.17) is 39.6 Å². The van der Waals surface area contributed by atoms with E-state index in [0.717, 1.165) is 12.1 Å². The first-order chi connectivity index (χ1) is 13.6. The number of nitrogens with zero attached hydrogens (tertiary/aromatic N) is 1. The van der Waals surface area contributed by atoms with Crippen LogP contribution in [0.25, 0.3) is 0 Å². The lowest BCUT2D eigenvalue weighted by Gasteiger charge is -2.32. The zero-order valence-electron chi connectivity index (χ0n) is 14.8. The number of rotatable bonds is 4. The van der Waals surface area contributed by atoms with Crippen molar-refractivity contribution in [1.82, 2.24) is 0 Å². The number of methoxy groups -OCH3 is 1. The van der Waals surface area contributed by atoms with Gasteiger partial charge in [0.15, 0.2) is 0 Å². The quantitative estimate of drug-likeness (QED) is 0.424. The second-order valence-electron chi connectivity index (χ2n) is 6.29. The molecule has 29 heavy (non-hydrogen) atoms. The Morgan fingerprint density at radius 1 is 1.17 bits per heavy atom. The lowest BCUT2D eigenvalue weighted by atomic mass is 9.86. The zero-order chi connectivity index (χ0) is 21.4. The van der Waals surface area contributed by atoms with Crippen molar-refractivity contribution in [1.29, 1.82) is 0 Å². The van der Waals surface area contributed by atoms with Crippen molar-refractivity contribution in [3.8, 4) is 0 Å².